The van der Waals surface area contributed by atoms with Crippen LogP contribution in [0.25, 0.3) is 43.1 Å². The second-order valence-corrected chi connectivity index (χ2v) is 9.51. The van der Waals surface area contributed by atoms with E-state index in [4.69, 9.17) is 3.32 Å². The molecule has 0 atom stereocenters. The van der Waals surface area contributed by atoms with Gasteiger partial charge in [-0.1, -0.05) is 97.1 Å². The molecule has 0 fully saturated rings. The summed E-state index contributed by atoms with van der Waals surface area (Å²) in [6.07, 6.45) is 0. The zero-order chi connectivity index (χ0) is 31.0. The van der Waals surface area contributed by atoms with Gasteiger partial charge in [0.15, 0.2) is 0 Å². The van der Waals surface area contributed by atoms with Gasteiger partial charge in [-0.2, -0.15) is 0 Å². The van der Waals surface area contributed by atoms with Gasteiger partial charge in [-0.25, -0.2) is 0 Å². The second-order valence-electron chi connectivity index (χ2n) is 9.51. The van der Waals surface area contributed by atoms with E-state index in [0.29, 0.717) is 11.5 Å². The van der Waals surface area contributed by atoms with E-state index in [1.54, 1.807) is 12.1 Å². The number of rotatable bonds is 0. The van der Waals surface area contributed by atoms with E-state index in [2.05, 4.69) is 48.5 Å². The summed E-state index contributed by atoms with van der Waals surface area (Å²) in [5.41, 5.74) is 0. The van der Waals surface area contributed by atoms with E-state index in [-0.39, 0.29) is 0 Å². The predicted octanol–water partition coefficient (Wildman–Crippen LogP) is 10.2. The number of hydrogen-bond acceptors (Lipinski definition) is 3. The minimum absolute atomic E-state index is 0.350. The zero-order valence-electron chi connectivity index (χ0n) is 24.0. The molecule has 2 N–H and O–H groups in total. The number of fused-ring (bicyclic) bond motifs is 4. The maximum atomic E-state index is 9.37. The number of phenolic OH excluding ortho intramolecular Hbond substituents is 2. The molecule has 0 aliphatic heterocycles. The monoisotopic (exact) mass is 606 g/mol. The molecule has 4 heteroatoms. The molecule has 8 aromatic carbocycles. The molecular weight excluding hydrogens is 576 g/mol. The van der Waals surface area contributed by atoms with E-state index in [1.165, 1.54) is 21.5 Å². The van der Waals surface area contributed by atoms with E-state index in [1.807, 2.05) is 121 Å². The molecule has 0 spiro atoms. The van der Waals surface area contributed by atoms with Gasteiger partial charge in [0.05, 0.1) is 0 Å². The molecule has 8 rings (SSSR count). The molecule has 212 valence electrons. The van der Waals surface area contributed by atoms with Crippen LogP contribution < -0.4 is 0 Å². The molecule has 0 saturated heterocycles. The maximum absolute atomic E-state index is 9.37. The van der Waals surface area contributed by atoms with Gasteiger partial charge in [0.1, 0.15) is 11.5 Å². The van der Waals surface area contributed by atoms with Crippen molar-refractivity contribution in [1.82, 2.24) is 0 Å². The third-order valence-corrected chi connectivity index (χ3v) is 6.68. The minimum Gasteiger partial charge on any atom is -0.147 e. The summed E-state index contributed by atoms with van der Waals surface area (Å²) in [5.74, 6) is 0.700. The maximum Gasteiger partial charge on any atom is -0.0801 e. The fourth-order valence-corrected chi connectivity index (χ4v) is 4.54. The molecule has 0 amide bonds. The van der Waals surface area contributed by atoms with Gasteiger partial charge >= 0.3 is 23.7 Å². The van der Waals surface area contributed by atoms with Crippen LogP contribution in [0.5, 0.6) is 11.5 Å². The summed E-state index contributed by atoms with van der Waals surface area (Å²) < 4.78 is 8.25. The van der Waals surface area contributed by atoms with Crippen LogP contribution in [0.1, 0.15) is 0 Å². The number of hydrogen-bond donors (Lipinski definition) is 2. The Labute approximate surface area is 269 Å². The van der Waals surface area contributed by atoms with Crippen molar-refractivity contribution in [2.45, 2.75) is 0 Å². The van der Waals surface area contributed by atoms with Gasteiger partial charge in [0.25, 0.3) is 0 Å². The quantitative estimate of drug-likeness (QED) is 0.133. The topological polar surface area (TPSA) is 57.5 Å². The first-order valence-electron chi connectivity index (χ1n) is 13.9. The Morgan fingerprint density at radius 3 is 1.07 bits per heavy atom. The van der Waals surface area contributed by atoms with Crippen LogP contribution >= 0.6 is 0 Å². The normalized spacial score (nSPS) is 9.77. The van der Waals surface area contributed by atoms with Gasteiger partial charge in [0, 0.05) is 10.8 Å². The van der Waals surface area contributed by atoms with E-state index in [0.717, 1.165) is 41.9 Å². The fraction of sp³-hybridized carbons (Fsp3) is 0. The summed E-state index contributed by atoms with van der Waals surface area (Å²) in [6, 6.07) is 61.4. The molecule has 8 aromatic rings. The van der Waals surface area contributed by atoms with Crippen LogP contribution in [0.4, 0.5) is 0 Å². The van der Waals surface area contributed by atoms with Crippen molar-refractivity contribution in [3.63, 3.8) is 0 Å². The van der Waals surface area contributed by atoms with Crippen LogP contribution in [0.3, 0.4) is 0 Å². The Morgan fingerprint density at radius 2 is 0.682 bits per heavy atom. The minimum atomic E-state index is 0.350. The van der Waals surface area contributed by atoms with Crippen molar-refractivity contribution in [3.05, 3.63) is 182 Å². The summed E-state index contributed by atoms with van der Waals surface area (Å²) in [4.78, 5) is 0. The molecule has 3 nitrogen and oxygen atoms in total. The Morgan fingerprint density at radius 1 is 0.364 bits per heavy atom. The van der Waals surface area contributed by atoms with Crippen molar-refractivity contribution in [3.8, 4) is 11.5 Å². The van der Waals surface area contributed by atoms with Gasteiger partial charge < -0.3 is 10.2 Å². The average Bonchev–Trinajstić information content (AvgIpc) is 3.11. The third kappa shape index (κ3) is 8.96. The first kappa shape index (κ1) is 31.8. The van der Waals surface area contributed by atoms with Gasteiger partial charge in [-0.05, 0) is 22.9 Å². The number of aromatic hydroxyl groups is 2. The van der Waals surface area contributed by atoms with Gasteiger partial charge in [0.2, 0.25) is 0 Å². The molecule has 0 unspecified atom stereocenters. The first-order chi connectivity index (χ1) is 21.7. The Balaban J connectivity index is 0.000000131. The van der Waals surface area contributed by atoms with Crippen LogP contribution in [-0.4, -0.2) is 10.2 Å². The van der Waals surface area contributed by atoms with E-state index in [9.17, 15) is 10.2 Å². The van der Waals surface area contributed by atoms with Crippen LogP contribution in [-0.2, 0) is 23.7 Å². The van der Waals surface area contributed by atoms with Crippen LogP contribution in [0.15, 0.2) is 170 Å². The smallest absolute Gasteiger partial charge is 0.0801 e. The van der Waals surface area contributed by atoms with Crippen molar-refractivity contribution in [1.29, 1.82) is 0 Å². The Hall–Kier alpha value is -5.09. The molecule has 0 aromatic heterocycles. The summed E-state index contributed by atoms with van der Waals surface area (Å²) in [5, 5.41) is 27.6. The molecule has 0 heterocycles. The molecular formula is C40H30O3Ti. The Bertz CT molecular complexity index is 1770. The van der Waals surface area contributed by atoms with Gasteiger partial charge in [-0.3, -0.25) is 0 Å². The first-order valence-corrected chi connectivity index (χ1v) is 14.6. The molecule has 0 saturated carbocycles. The summed E-state index contributed by atoms with van der Waals surface area (Å²) >= 11 is 0.750. The Kier molecular flexibility index (Phi) is 12.4. The summed E-state index contributed by atoms with van der Waals surface area (Å²) in [6.45, 7) is 0. The van der Waals surface area contributed by atoms with Crippen molar-refractivity contribution in [2.24, 2.45) is 0 Å². The van der Waals surface area contributed by atoms with Crippen LogP contribution in [0, 0.1) is 12.1 Å². The zero-order valence-corrected chi connectivity index (χ0v) is 25.5. The van der Waals surface area contributed by atoms with Crippen LogP contribution in [0.2, 0.25) is 0 Å². The van der Waals surface area contributed by atoms with Gasteiger partial charge in [-0.15, -0.1) is 94.3 Å². The molecule has 44 heavy (non-hydrogen) atoms. The summed E-state index contributed by atoms with van der Waals surface area (Å²) in [7, 11) is 0. The van der Waals surface area contributed by atoms with Crippen molar-refractivity contribution < 1.29 is 33.9 Å². The van der Waals surface area contributed by atoms with Crippen molar-refractivity contribution >= 4 is 43.1 Å². The number of phenols is 2. The molecule has 0 aliphatic carbocycles. The number of benzene rings is 8. The predicted molar refractivity (Wildman–Crippen MR) is 177 cm³/mol. The second kappa shape index (κ2) is 17.1. The molecule has 0 bridgehead atoms. The fourth-order valence-electron chi connectivity index (χ4n) is 4.54. The SMILES string of the molecule is Oc1cccc2ccccc12.Oc1cccc2ccccc12.[O]=[Ti+2].[c-]1cccc2ccccc12.[c-]1cccc2ccccc12. The van der Waals surface area contributed by atoms with E-state index < -0.39 is 0 Å². The van der Waals surface area contributed by atoms with E-state index >= 15 is 0 Å². The third-order valence-electron chi connectivity index (χ3n) is 6.68. The standard InChI is InChI=1S/2C10H8O.2C10H7.O.Ti/c2*11-10-7-3-5-8-4-1-2-6-9(8)10;2*1-2-6-10-8-4-3-7-9(10)5-1;;/h2*1-7,11H;2*1-7H;;/q;;2*-1;;+2. The molecule has 0 aliphatic rings. The average molecular weight is 607 g/mol. The largest absolute Gasteiger partial charge is 0.147 e. The van der Waals surface area contributed by atoms with Crippen molar-refractivity contribution in [2.75, 3.05) is 0 Å². The molecule has 0 radical (unpaired) electrons.